The van der Waals surface area contributed by atoms with Crippen LogP contribution in [0.1, 0.15) is 5.89 Å². The fourth-order valence-electron chi connectivity index (χ4n) is 2.59. The van der Waals surface area contributed by atoms with Crippen LogP contribution in [-0.2, 0) is 20.8 Å². The Balaban J connectivity index is 1.71. The van der Waals surface area contributed by atoms with E-state index in [1.165, 1.54) is 7.11 Å². The fourth-order valence-corrected chi connectivity index (χ4v) is 2.59. The standard InChI is InChI=1S/C15H19NO7/c1-20-15-13(19)14(12(18)10(6-17)23-15)21-7-11-16-8-4-2-3-5-9(8)22-11/h2-5,10,12-15,17-19H,6-7H2,1H3/t10-,12+,13-,14+,15-/m1/s1. The first-order valence-corrected chi connectivity index (χ1v) is 7.25. The van der Waals surface area contributed by atoms with Crippen molar-refractivity contribution in [2.45, 2.75) is 37.3 Å². The Bertz CT molecular complexity index is 597. The Morgan fingerprint density at radius 3 is 2.70 bits per heavy atom. The van der Waals surface area contributed by atoms with Crippen LogP contribution in [0.2, 0.25) is 0 Å². The van der Waals surface area contributed by atoms with Crippen molar-refractivity contribution in [3.05, 3.63) is 30.2 Å². The number of rotatable bonds is 5. The van der Waals surface area contributed by atoms with E-state index < -0.39 is 37.3 Å². The van der Waals surface area contributed by atoms with Gasteiger partial charge >= 0.3 is 0 Å². The molecule has 0 saturated carbocycles. The SMILES string of the molecule is CO[C@@H]1O[C@H](CO)[C@H](O)[C@H](OCc2nc3ccccc3o2)[C@H]1O. The van der Waals surface area contributed by atoms with Gasteiger partial charge in [0.1, 0.15) is 36.5 Å². The van der Waals surface area contributed by atoms with Crippen molar-refractivity contribution < 1.29 is 33.9 Å². The first kappa shape index (κ1) is 16.3. The summed E-state index contributed by atoms with van der Waals surface area (Å²) in [6.07, 6.45) is -5.31. The first-order valence-electron chi connectivity index (χ1n) is 7.25. The molecular formula is C15H19NO7. The lowest BCUT2D eigenvalue weighted by atomic mass is 9.99. The normalized spacial score (nSPS) is 31.6. The molecule has 1 aliphatic heterocycles. The number of hydrogen-bond donors (Lipinski definition) is 3. The van der Waals surface area contributed by atoms with Crippen LogP contribution in [0.3, 0.4) is 0 Å². The van der Waals surface area contributed by atoms with Gasteiger partial charge in [-0.2, -0.15) is 0 Å². The minimum atomic E-state index is -1.21. The maximum Gasteiger partial charge on any atom is 0.221 e. The van der Waals surface area contributed by atoms with Gasteiger partial charge < -0.3 is 33.9 Å². The Labute approximate surface area is 132 Å². The Kier molecular flexibility index (Phi) is 4.90. The molecule has 0 amide bonds. The average Bonchev–Trinajstić information content (AvgIpc) is 2.98. The zero-order valence-corrected chi connectivity index (χ0v) is 12.5. The zero-order chi connectivity index (χ0) is 16.4. The van der Waals surface area contributed by atoms with Gasteiger partial charge in [0.15, 0.2) is 11.9 Å². The summed E-state index contributed by atoms with van der Waals surface area (Å²) in [6, 6.07) is 7.27. The maximum absolute atomic E-state index is 10.2. The van der Waals surface area contributed by atoms with Crippen molar-refractivity contribution in [3.63, 3.8) is 0 Å². The number of nitrogens with zero attached hydrogens (tertiary/aromatic N) is 1. The minimum absolute atomic E-state index is 0.0396. The van der Waals surface area contributed by atoms with Crippen LogP contribution >= 0.6 is 0 Å². The van der Waals surface area contributed by atoms with Crippen molar-refractivity contribution in [2.24, 2.45) is 0 Å². The van der Waals surface area contributed by atoms with Gasteiger partial charge in [-0.05, 0) is 12.1 Å². The van der Waals surface area contributed by atoms with Gasteiger partial charge in [-0.25, -0.2) is 4.98 Å². The van der Waals surface area contributed by atoms with Crippen molar-refractivity contribution in [2.75, 3.05) is 13.7 Å². The van der Waals surface area contributed by atoms with E-state index >= 15 is 0 Å². The molecule has 1 aromatic heterocycles. The fraction of sp³-hybridized carbons (Fsp3) is 0.533. The molecule has 3 rings (SSSR count). The van der Waals surface area contributed by atoms with Gasteiger partial charge in [0.05, 0.1) is 6.61 Å². The van der Waals surface area contributed by atoms with Crippen molar-refractivity contribution in [1.29, 1.82) is 0 Å². The summed E-state index contributed by atoms with van der Waals surface area (Å²) in [4.78, 5) is 4.26. The molecule has 2 heterocycles. The monoisotopic (exact) mass is 325 g/mol. The highest BCUT2D eigenvalue weighted by atomic mass is 16.7. The lowest BCUT2D eigenvalue weighted by Crippen LogP contribution is -2.59. The van der Waals surface area contributed by atoms with Gasteiger partial charge in [0.25, 0.3) is 0 Å². The smallest absolute Gasteiger partial charge is 0.221 e. The van der Waals surface area contributed by atoms with Crippen LogP contribution in [0.5, 0.6) is 0 Å². The number of benzene rings is 1. The molecule has 1 aromatic carbocycles. The number of methoxy groups -OCH3 is 1. The summed E-state index contributed by atoms with van der Waals surface area (Å²) in [5.41, 5.74) is 1.32. The molecular weight excluding hydrogens is 306 g/mol. The molecule has 0 radical (unpaired) electrons. The van der Waals surface area contributed by atoms with Crippen LogP contribution in [-0.4, -0.2) is 64.7 Å². The molecule has 0 aliphatic carbocycles. The summed E-state index contributed by atoms with van der Waals surface area (Å²) in [5, 5.41) is 29.6. The Morgan fingerprint density at radius 1 is 1.22 bits per heavy atom. The third-order valence-corrected chi connectivity index (χ3v) is 3.79. The van der Waals surface area contributed by atoms with E-state index in [1.54, 1.807) is 6.07 Å². The highest BCUT2D eigenvalue weighted by Crippen LogP contribution is 2.25. The number of oxazole rings is 1. The molecule has 1 aliphatic rings. The summed E-state index contributed by atoms with van der Waals surface area (Å²) in [6.45, 7) is -0.460. The van der Waals surface area contributed by atoms with E-state index in [0.29, 0.717) is 17.0 Å². The van der Waals surface area contributed by atoms with E-state index in [2.05, 4.69) is 4.98 Å². The molecule has 0 unspecified atom stereocenters. The predicted molar refractivity (Wildman–Crippen MR) is 77.4 cm³/mol. The summed E-state index contributed by atoms with van der Waals surface area (Å²) in [5.74, 6) is 0.326. The molecule has 8 heteroatoms. The van der Waals surface area contributed by atoms with E-state index in [4.69, 9.17) is 18.6 Å². The summed E-state index contributed by atoms with van der Waals surface area (Å²) in [7, 11) is 1.36. The predicted octanol–water partition coefficient (Wildman–Crippen LogP) is -0.202. The second kappa shape index (κ2) is 6.91. The molecule has 5 atom stereocenters. The maximum atomic E-state index is 10.2. The number of aliphatic hydroxyl groups excluding tert-OH is 3. The van der Waals surface area contributed by atoms with Crippen molar-refractivity contribution in [3.8, 4) is 0 Å². The summed E-state index contributed by atoms with van der Waals surface area (Å²) < 4.78 is 21.3. The van der Waals surface area contributed by atoms with E-state index in [0.717, 1.165) is 0 Å². The quantitative estimate of drug-likeness (QED) is 0.692. The van der Waals surface area contributed by atoms with Crippen LogP contribution < -0.4 is 0 Å². The van der Waals surface area contributed by atoms with Gasteiger partial charge in [-0.15, -0.1) is 0 Å². The van der Waals surface area contributed by atoms with E-state index in [1.807, 2.05) is 18.2 Å². The van der Waals surface area contributed by atoms with Crippen LogP contribution in [0.4, 0.5) is 0 Å². The number of fused-ring (bicyclic) bond motifs is 1. The van der Waals surface area contributed by atoms with Gasteiger partial charge in [0.2, 0.25) is 5.89 Å². The molecule has 1 saturated heterocycles. The Hall–Kier alpha value is -1.55. The largest absolute Gasteiger partial charge is 0.438 e. The minimum Gasteiger partial charge on any atom is -0.438 e. The molecule has 126 valence electrons. The third kappa shape index (κ3) is 3.23. The van der Waals surface area contributed by atoms with Crippen LogP contribution in [0.15, 0.2) is 28.7 Å². The highest BCUT2D eigenvalue weighted by Gasteiger charge is 2.45. The van der Waals surface area contributed by atoms with Gasteiger partial charge in [-0.1, -0.05) is 12.1 Å². The average molecular weight is 325 g/mol. The lowest BCUT2D eigenvalue weighted by Gasteiger charge is -2.41. The number of hydrogen-bond acceptors (Lipinski definition) is 8. The molecule has 1 fully saturated rings. The number of aromatic nitrogens is 1. The second-order valence-electron chi connectivity index (χ2n) is 5.29. The van der Waals surface area contributed by atoms with E-state index in [-0.39, 0.29) is 6.61 Å². The van der Waals surface area contributed by atoms with Crippen LogP contribution in [0.25, 0.3) is 11.1 Å². The number of ether oxygens (including phenoxy) is 3. The Morgan fingerprint density at radius 2 is 2.00 bits per heavy atom. The molecule has 3 N–H and O–H groups in total. The third-order valence-electron chi connectivity index (χ3n) is 3.79. The van der Waals surface area contributed by atoms with E-state index in [9.17, 15) is 15.3 Å². The number of aliphatic hydroxyl groups is 3. The zero-order valence-electron chi connectivity index (χ0n) is 12.5. The molecule has 2 aromatic rings. The van der Waals surface area contributed by atoms with Crippen molar-refractivity contribution >= 4 is 11.1 Å². The molecule has 8 nitrogen and oxygen atoms in total. The van der Waals surface area contributed by atoms with Gasteiger partial charge in [0, 0.05) is 7.11 Å². The summed E-state index contributed by atoms with van der Waals surface area (Å²) >= 11 is 0. The van der Waals surface area contributed by atoms with Crippen molar-refractivity contribution in [1.82, 2.24) is 4.98 Å². The topological polar surface area (TPSA) is 114 Å². The lowest BCUT2D eigenvalue weighted by molar-refractivity contribution is -0.303. The highest BCUT2D eigenvalue weighted by molar-refractivity contribution is 5.72. The molecule has 0 spiro atoms. The van der Waals surface area contributed by atoms with Gasteiger partial charge in [-0.3, -0.25) is 0 Å². The molecule has 23 heavy (non-hydrogen) atoms. The van der Waals surface area contributed by atoms with Crippen LogP contribution in [0, 0.1) is 0 Å². The first-order chi connectivity index (χ1) is 11.1. The molecule has 0 bridgehead atoms. The second-order valence-corrected chi connectivity index (χ2v) is 5.29. The number of para-hydroxylation sites is 2.